The van der Waals surface area contributed by atoms with Crippen LogP contribution < -0.4 is 0 Å². The first kappa shape index (κ1) is 42.5. The summed E-state index contributed by atoms with van der Waals surface area (Å²) < 4.78 is 98.8. The van der Waals surface area contributed by atoms with Gasteiger partial charge in [-0.15, -0.1) is 0 Å². The number of fused-ring (bicyclic) bond motifs is 6. The summed E-state index contributed by atoms with van der Waals surface area (Å²) in [5, 5.41) is 6.45. The summed E-state index contributed by atoms with van der Waals surface area (Å²) in [6.45, 7) is 12.5. The highest BCUT2D eigenvalue weighted by Gasteiger charge is 2.59. The van der Waals surface area contributed by atoms with Gasteiger partial charge in [0.25, 0.3) is 0 Å². The largest absolute Gasteiger partial charge is 0.463 e. The van der Waals surface area contributed by atoms with Crippen molar-refractivity contribution in [3.63, 3.8) is 0 Å². The minimum atomic E-state index is -4.71. The monoisotopic (exact) mass is 876 g/mol. The summed E-state index contributed by atoms with van der Waals surface area (Å²) >= 11 is 0. The lowest BCUT2D eigenvalue weighted by Crippen LogP contribution is -2.39. The van der Waals surface area contributed by atoms with E-state index < -0.39 is 29.2 Å². The Balaban J connectivity index is 1.03. The second-order valence-corrected chi connectivity index (χ2v) is 19.2. The number of halogens is 6. The molecular formula is C57H46F6O2. The number of carbonyl (C=O) groups is 1. The van der Waals surface area contributed by atoms with Crippen molar-refractivity contribution in [1.29, 1.82) is 0 Å². The summed E-state index contributed by atoms with van der Waals surface area (Å²) in [6, 6.07) is 37.2. The maximum absolute atomic E-state index is 15.8. The highest BCUT2D eigenvalue weighted by Crippen LogP contribution is 2.60. The molecular weight excluding hydrogens is 831 g/mol. The lowest BCUT2D eigenvalue weighted by atomic mass is 9.77. The van der Waals surface area contributed by atoms with Crippen LogP contribution in [0.4, 0.5) is 26.3 Å². The van der Waals surface area contributed by atoms with Gasteiger partial charge in [-0.2, -0.15) is 26.3 Å². The smallest absolute Gasteiger partial charge is 0.402 e. The third-order valence-electron chi connectivity index (χ3n) is 14.4. The molecule has 8 aromatic rings. The van der Waals surface area contributed by atoms with Crippen molar-refractivity contribution in [2.45, 2.75) is 82.5 Å². The van der Waals surface area contributed by atoms with Crippen molar-refractivity contribution >= 4 is 38.3 Å². The van der Waals surface area contributed by atoms with E-state index in [0.717, 1.165) is 49.5 Å². The number of benzene rings is 8. The number of ether oxygens (including phenoxy) is 1. The molecule has 2 aliphatic carbocycles. The Hall–Kier alpha value is -6.41. The molecule has 0 saturated heterocycles. The van der Waals surface area contributed by atoms with Gasteiger partial charge in [-0.25, -0.2) is 4.79 Å². The number of hydrogen-bond acceptors (Lipinski definition) is 2. The molecule has 8 heteroatoms. The van der Waals surface area contributed by atoms with Gasteiger partial charge < -0.3 is 4.74 Å². The molecule has 2 atom stereocenters. The number of hydrogen-bond donors (Lipinski definition) is 0. The van der Waals surface area contributed by atoms with Gasteiger partial charge in [0.05, 0.1) is 6.61 Å². The Kier molecular flexibility index (Phi) is 9.52. The second-order valence-electron chi connectivity index (χ2n) is 19.2. The van der Waals surface area contributed by atoms with Crippen LogP contribution in [0.3, 0.4) is 0 Å². The van der Waals surface area contributed by atoms with Crippen molar-refractivity contribution in [2.24, 2.45) is 0 Å². The lowest BCUT2D eigenvalue weighted by Gasteiger charge is -2.31. The third-order valence-corrected chi connectivity index (χ3v) is 14.4. The molecule has 65 heavy (non-hydrogen) atoms. The molecule has 0 saturated carbocycles. The molecule has 0 bridgehead atoms. The van der Waals surface area contributed by atoms with Crippen molar-refractivity contribution < 1.29 is 35.9 Å². The van der Waals surface area contributed by atoms with Crippen LogP contribution >= 0.6 is 0 Å². The van der Waals surface area contributed by atoms with Gasteiger partial charge in [-0.1, -0.05) is 130 Å². The van der Waals surface area contributed by atoms with E-state index >= 15 is 26.3 Å². The van der Waals surface area contributed by atoms with Crippen LogP contribution in [0.1, 0.15) is 80.8 Å². The summed E-state index contributed by atoms with van der Waals surface area (Å²) in [6.07, 6.45) is -6.68. The Morgan fingerprint density at radius 3 is 1.55 bits per heavy atom. The molecule has 2 aliphatic rings. The first-order valence-corrected chi connectivity index (χ1v) is 22.0. The number of carbonyl (C=O) groups excluding carboxylic acids is 1. The van der Waals surface area contributed by atoms with Crippen LogP contribution in [0.25, 0.3) is 76.8 Å². The van der Waals surface area contributed by atoms with Gasteiger partial charge in [0.2, 0.25) is 0 Å². The Labute approximate surface area is 373 Å². The minimum Gasteiger partial charge on any atom is -0.463 e. The highest BCUT2D eigenvalue weighted by molar-refractivity contribution is 6.25. The van der Waals surface area contributed by atoms with Crippen LogP contribution in [-0.4, -0.2) is 24.9 Å². The molecule has 10 rings (SSSR count). The van der Waals surface area contributed by atoms with Crippen LogP contribution in [0, 0.1) is 0 Å². The molecule has 0 radical (unpaired) electrons. The second kappa shape index (κ2) is 14.5. The van der Waals surface area contributed by atoms with E-state index in [9.17, 15) is 4.79 Å². The quantitative estimate of drug-likeness (QED) is 0.0500. The fourth-order valence-electron chi connectivity index (χ4n) is 10.6. The summed E-state index contributed by atoms with van der Waals surface area (Å²) in [7, 11) is 0. The van der Waals surface area contributed by atoms with Crippen molar-refractivity contribution in [3.05, 3.63) is 167 Å². The van der Waals surface area contributed by atoms with E-state index in [-0.39, 0.29) is 34.3 Å². The average molecular weight is 877 g/mol. The molecule has 0 fully saturated rings. The molecule has 0 heterocycles. The first-order chi connectivity index (χ1) is 30.7. The fraction of sp³-hybridized carbons (Fsp3) is 0.246. The molecule has 0 aliphatic heterocycles. The molecule has 8 aromatic carbocycles. The molecule has 0 amide bonds. The number of aryl methyl sites for hydroxylation is 1. The van der Waals surface area contributed by atoms with Gasteiger partial charge in [0.1, 0.15) is 10.8 Å². The third kappa shape index (κ3) is 6.41. The average Bonchev–Trinajstić information content (AvgIpc) is 3.69. The van der Waals surface area contributed by atoms with E-state index in [1.165, 1.54) is 31.5 Å². The van der Waals surface area contributed by atoms with E-state index in [1.54, 1.807) is 48.5 Å². The zero-order valence-corrected chi connectivity index (χ0v) is 36.7. The molecule has 328 valence electrons. The Morgan fingerprint density at radius 2 is 1.02 bits per heavy atom. The molecule has 0 spiro atoms. The zero-order valence-electron chi connectivity index (χ0n) is 36.7. The fourth-order valence-corrected chi connectivity index (χ4v) is 10.6. The van der Waals surface area contributed by atoms with Crippen molar-refractivity contribution in [1.82, 2.24) is 0 Å². The van der Waals surface area contributed by atoms with E-state index in [1.807, 2.05) is 24.3 Å². The summed E-state index contributed by atoms with van der Waals surface area (Å²) in [4.78, 5) is 11.4. The maximum atomic E-state index is 15.8. The predicted molar refractivity (Wildman–Crippen MR) is 250 cm³/mol. The van der Waals surface area contributed by atoms with Crippen molar-refractivity contribution in [3.8, 4) is 44.5 Å². The SMILES string of the molecule is C=CC(=O)OCCCCc1ccc2c(c1)C(C)(C(F)(F)F)c1cc(-c3ccc4c(c3)C(C)(C(F)(F)F)c3cc(-c5ccc6ccc7cc(C(C)(C)C)cc8ccc5c6c78)ccc3-4)ccc1-2. The molecule has 2 nitrogen and oxygen atoms in total. The standard InChI is InChI=1S/C57H46F6O2/c1-7-50(64)65-25-9-8-10-32-11-19-41-42-21-15-34(29-47(42)54(5,46(41)26-32)56(58,59)60)35-16-22-43-44-23-17-36(31-49(44)55(6,48(43)30-35)57(61,62)63)40-20-14-33-12-13-37-27-39(53(2,3)4)28-38-18-24-45(40)52(33)51(37)38/h7,11-24,26-31H,1,8-10,25H2,2-6H3. The summed E-state index contributed by atoms with van der Waals surface area (Å²) in [5.74, 6) is -0.528. The summed E-state index contributed by atoms with van der Waals surface area (Å²) in [5.41, 5.74) is 1.64. The van der Waals surface area contributed by atoms with E-state index in [2.05, 4.69) is 63.7 Å². The topological polar surface area (TPSA) is 26.3 Å². The van der Waals surface area contributed by atoms with Crippen LogP contribution in [-0.2, 0) is 32.2 Å². The van der Waals surface area contributed by atoms with Gasteiger partial charge in [0.15, 0.2) is 0 Å². The van der Waals surface area contributed by atoms with Crippen LogP contribution in [0.2, 0.25) is 0 Å². The van der Waals surface area contributed by atoms with E-state index in [4.69, 9.17) is 4.74 Å². The number of rotatable bonds is 8. The number of unbranched alkanes of at least 4 members (excludes halogenated alkanes) is 1. The minimum absolute atomic E-state index is 0.0503. The maximum Gasteiger partial charge on any atom is 0.402 e. The Bertz CT molecular complexity index is 3260. The normalized spacial score (nSPS) is 18.0. The number of alkyl halides is 6. The van der Waals surface area contributed by atoms with E-state index in [0.29, 0.717) is 58.2 Å². The number of esters is 1. The van der Waals surface area contributed by atoms with Gasteiger partial charge in [-0.05, 0) is 167 Å². The van der Waals surface area contributed by atoms with Crippen molar-refractivity contribution in [2.75, 3.05) is 6.61 Å². The highest BCUT2D eigenvalue weighted by atomic mass is 19.4. The van der Waals surface area contributed by atoms with Gasteiger partial charge >= 0.3 is 18.3 Å². The molecule has 0 aromatic heterocycles. The predicted octanol–water partition coefficient (Wildman–Crippen LogP) is 16.0. The van der Waals surface area contributed by atoms with Crippen LogP contribution in [0.5, 0.6) is 0 Å². The first-order valence-electron chi connectivity index (χ1n) is 22.0. The van der Waals surface area contributed by atoms with Crippen LogP contribution in [0.15, 0.2) is 134 Å². The molecule has 0 N–H and O–H groups in total. The zero-order chi connectivity index (χ0) is 46.0. The lowest BCUT2D eigenvalue weighted by molar-refractivity contribution is -0.172. The Morgan fingerprint density at radius 1 is 0.554 bits per heavy atom. The molecule has 2 unspecified atom stereocenters. The van der Waals surface area contributed by atoms with Gasteiger partial charge in [-0.3, -0.25) is 0 Å². The van der Waals surface area contributed by atoms with Gasteiger partial charge in [0, 0.05) is 6.08 Å².